The lowest BCUT2D eigenvalue weighted by atomic mass is 9.98. The summed E-state index contributed by atoms with van der Waals surface area (Å²) >= 11 is 1.07. The molecule has 1 atom stereocenters. The van der Waals surface area contributed by atoms with Crippen molar-refractivity contribution in [2.24, 2.45) is 0 Å². The van der Waals surface area contributed by atoms with Crippen molar-refractivity contribution in [2.75, 3.05) is 20.7 Å². The Labute approximate surface area is 174 Å². The summed E-state index contributed by atoms with van der Waals surface area (Å²) in [4.78, 5) is 41.2. The monoisotopic (exact) mass is 427 g/mol. The number of methoxy groups -OCH3 is 1. The molecule has 1 saturated heterocycles. The molecule has 0 radical (unpaired) electrons. The molecule has 1 fully saturated rings. The van der Waals surface area contributed by atoms with Gasteiger partial charge < -0.3 is 19.3 Å². The van der Waals surface area contributed by atoms with E-state index in [1.54, 1.807) is 31.3 Å². The van der Waals surface area contributed by atoms with Crippen LogP contribution in [-0.2, 0) is 15.1 Å². The summed E-state index contributed by atoms with van der Waals surface area (Å²) in [5, 5.41) is 15.2. The van der Waals surface area contributed by atoms with Crippen LogP contribution in [0.15, 0.2) is 34.9 Å². The molecule has 10 heteroatoms. The predicted octanol–water partition coefficient (Wildman–Crippen LogP) is 2.11. The van der Waals surface area contributed by atoms with Crippen LogP contribution >= 0.6 is 11.3 Å². The molecule has 1 aliphatic heterocycles. The van der Waals surface area contributed by atoms with Crippen molar-refractivity contribution in [1.29, 1.82) is 0 Å². The SMILES string of the molecule is COC(=O)c1nc(-c2cccc(-c3cc([C@]4(O)CCN(C)C4=O)on3)c2)sc1C=O. The number of hydrogen-bond donors (Lipinski definition) is 1. The zero-order valence-corrected chi connectivity index (χ0v) is 16.9. The summed E-state index contributed by atoms with van der Waals surface area (Å²) in [5.41, 5.74) is 0.0000401. The van der Waals surface area contributed by atoms with E-state index < -0.39 is 17.5 Å². The summed E-state index contributed by atoms with van der Waals surface area (Å²) in [6, 6.07) is 8.63. The predicted molar refractivity (Wildman–Crippen MR) is 106 cm³/mol. The van der Waals surface area contributed by atoms with Gasteiger partial charge in [-0.3, -0.25) is 9.59 Å². The van der Waals surface area contributed by atoms with Gasteiger partial charge in [-0.1, -0.05) is 23.4 Å². The van der Waals surface area contributed by atoms with Gasteiger partial charge in [-0.2, -0.15) is 0 Å². The fourth-order valence-corrected chi connectivity index (χ4v) is 4.14. The molecule has 1 N–H and O–H groups in total. The van der Waals surface area contributed by atoms with Crippen LogP contribution in [0.1, 0.15) is 32.3 Å². The van der Waals surface area contributed by atoms with Crippen LogP contribution in [0.25, 0.3) is 21.8 Å². The standard InChI is InChI=1S/C20H17N3O6S/c1-23-7-6-20(27,19(23)26)15-9-13(22-29-15)11-4-3-5-12(8-11)17-21-16(18(25)28-2)14(10-24)30-17/h3-5,8-10,27H,6-7H2,1-2H3/t20-/m1/s1. The maximum absolute atomic E-state index is 12.3. The lowest BCUT2D eigenvalue weighted by Gasteiger charge is -2.16. The molecule has 0 aliphatic carbocycles. The van der Waals surface area contributed by atoms with E-state index in [2.05, 4.69) is 14.9 Å². The number of likely N-dealkylation sites (tertiary alicyclic amines) is 1. The highest BCUT2D eigenvalue weighted by atomic mass is 32.1. The van der Waals surface area contributed by atoms with Gasteiger partial charge in [0, 0.05) is 37.2 Å². The second-order valence-corrected chi connectivity index (χ2v) is 7.87. The van der Waals surface area contributed by atoms with E-state index in [9.17, 15) is 19.5 Å². The molecule has 30 heavy (non-hydrogen) atoms. The van der Waals surface area contributed by atoms with E-state index in [-0.39, 0.29) is 22.8 Å². The fraction of sp³-hybridized carbons (Fsp3) is 0.250. The Hall–Kier alpha value is -3.37. The average molecular weight is 427 g/mol. The van der Waals surface area contributed by atoms with Crippen LogP contribution in [0.4, 0.5) is 0 Å². The summed E-state index contributed by atoms with van der Waals surface area (Å²) in [6.45, 7) is 0.423. The van der Waals surface area contributed by atoms with Crippen molar-refractivity contribution >= 4 is 29.5 Å². The number of hydrogen-bond acceptors (Lipinski definition) is 9. The molecule has 3 aromatic rings. The van der Waals surface area contributed by atoms with Gasteiger partial charge in [-0.05, 0) is 6.07 Å². The van der Waals surface area contributed by atoms with Gasteiger partial charge in [0.2, 0.25) is 5.60 Å². The number of nitrogens with zero attached hydrogens (tertiary/aromatic N) is 3. The molecule has 1 amide bonds. The molecular formula is C20H17N3O6S. The number of amides is 1. The Morgan fingerprint density at radius 1 is 1.37 bits per heavy atom. The number of benzene rings is 1. The number of carbonyl (C=O) groups excluding carboxylic acids is 3. The summed E-state index contributed by atoms with van der Waals surface area (Å²) in [6.07, 6.45) is 0.790. The van der Waals surface area contributed by atoms with Crippen molar-refractivity contribution < 1.29 is 28.8 Å². The first kappa shape index (κ1) is 19.9. The molecule has 0 saturated carbocycles. The van der Waals surface area contributed by atoms with Crippen LogP contribution in [0.2, 0.25) is 0 Å². The van der Waals surface area contributed by atoms with Crippen molar-refractivity contribution in [1.82, 2.24) is 15.0 Å². The minimum atomic E-state index is -1.72. The number of rotatable bonds is 5. The largest absolute Gasteiger partial charge is 0.464 e. The molecule has 1 aliphatic rings. The van der Waals surface area contributed by atoms with Gasteiger partial charge in [0.25, 0.3) is 5.91 Å². The number of likely N-dealkylation sites (N-methyl/N-ethyl adjacent to an activating group) is 1. The number of ether oxygens (including phenoxy) is 1. The Kier molecular flexibility index (Phi) is 4.96. The van der Waals surface area contributed by atoms with Gasteiger partial charge in [-0.15, -0.1) is 11.3 Å². The van der Waals surface area contributed by atoms with Crippen molar-refractivity contribution in [2.45, 2.75) is 12.0 Å². The second-order valence-electron chi connectivity index (χ2n) is 6.84. The quantitative estimate of drug-likeness (QED) is 0.485. The highest BCUT2D eigenvalue weighted by Crippen LogP contribution is 2.36. The zero-order chi connectivity index (χ0) is 21.5. The maximum Gasteiger partial charge on any atom is 0.358 e. The number of thiazole rings is 1. The van der Waals surface area contributed by atoms with E-state index in [0.717, 1.165) is 11.3 Å². The molecule has 0 spiro atoms. The lowest BCUT2D eigenvalue weighted by Crippen LogP contribution is -2.35. The third-order valence-corrected chi connectivity index (χ3v) is 6.00. The van der Waals surface area contributed by atoms with Crippen LogP contribution in [0.5, 0.6) is 0 Å². The number of aliphatic hydroxyl groups is 1. The first-order valence-electron chi connectivity index (χ1n) is 8.97. The second kappa shape index (κ2) is 7.47. The molecule has 154 valence electrons. The third kappa shape index (κ3) is 3.19. The Bertz CT molecular complexity index is 1150. The van der Waals surface area contributed by atoms with E-state index in [1.165, 1.54) is 18.1 Å². The van der Waals surface area contributed by atoms with Gasteiger partial charge in [-0.25, -0.2) is 9.78 Å². The average Bonchev–Trinajstić information content (AvgIpc) is 3.49. The third-order valence-electron chi connectivity index (χ3n) is 4.97. The van der Waals surface area contributed by atoms with E-state index in [4.69, 9.17) is 4.52 Å². The van der Waals surface area contributed by atoms with Crippen molar-refractivity contribution in [3.8, 4) is 21.8 Å². The van der Waals surface area contributed by atoms with Crippen LogP contribution in [0, 0.1) is 0 Å². The minimum Gasteiger partial charge on any atom is -0.464 e. The van der Waals surface area contributed by atoms with Crippen LogP contribution < -0.4 is 0 Å². The first-order valence-corrected chi connectivity index (χ1v) is 9.79. The molecule has 0 unspecified atom stereocenters. The number of aldehydes is 1. The molecule has 9 nitrogen and oxygen atoms in total. The van der Waals surface area contributed by atoms with E-state index in [0.29, 0.717) is 34.7 Å². The van der Waals surface area contributed by atoms with Gasteiger partial charge in [0.15, 0.2) is 17.7 Å². The smallest absolute Gasteiger partial charge is 0.358 e. The van der Waals surface area contributed by atoms with E-state index >= 15 is 0 Å². The number of aromatic nitrogens is 2. The lowest BCUT2D eigenvalue weighted by molar-refractivity contribution is -0.144. The first-order chi connectivity index (χ1) is 14.4. The summed E-state index contributed by atoms with van der Waals surface area (Å²) in [7, 11) is 2.84. The van der Waals surface area contributed by atoms with E-state index in [1.807, 2.05) is 0 Å². The topological polar surface area (TPSA) is 123 Å². The fourth-order valence-electron chi connectivity index (χ4n) is 3.28. The van der Waals surface area contributed by atoms with Crippen LogP contribution in [-0.4, -0.2) is 59.0 Å². The number of esters is 1. The summed E-state index contributed by atoms with van der Waals surface area (Å²) in [5.74, 6) is -1.03. The van der Waals surface area contributed by atoms with Crippen molar-refractivity contribution in [3.63, 3.8) is 0 Å². The molecule has 3 heterocycles. The van der Waals surface area contributed by atoms with Crippen LogP contribution in [0.3, 0.4) is 0 Å². The molecule has 1 aromatic carbocycles. The number of carbonyl (C=O) groups is 3. The van der Waals surface area contributed by atoms with Crippen molar-refractivity contribution in [3.05, 3.63) is 46.7 Å². The Morgan fingerprint density at radius 2 is 2.13 bits per heavy atom. The highest BCUT2D eigenvalue weighted by Gasteiger charge is 2.48. The molecule has 4 rings (SSSR count). The molecule has 2 aromatic heterocycles. The molecular weight excluding hydrogens is 410 g/mol. The van der Waals surface area contributed by atoms with Gasteiger partial charge in [0.1, 0.15) is 15.6 Å². The highest BCUT2D eigenvalue weighted by molar-refractivity contribution is 7.16. The Balaban J connectivity index is 1.68. The minimum absolute atomic E-state index is 0.0345. The Morgan fingerprint density at radius 3 is 2.80 bits per heavy atom. The molecule has 0 bridgehead atoms. The maximum atomic E-state index is 12.3. The van der Waals surface area contributed by atoms with Gasteiger partial charge in [0.05, 0.1) is 7.11 Å². The van der Waals surface area contributed by atoms with Gasteiger partial charge >= 0.3 is 5.97 Å². The summed E-state index contributed by atoms with van der Waals surface area (Å²) < 4.78 is 9.96. The normalized spacial score (nSPS) is 18.6. The zero-order valence-electron chi connectivity index (χ0n) is 16.1.